The van der Waals surface area contributed by atoms with Crippen molar-refractivity contribution in [2.45, 2.75) is 128 Å². The predicted octanol–water partition coefficient (Wildman–Crippen LogP) is 9.08. The van der Waals surface area contributed by atoms with Crippen molar-refractivity contribution in [3.8, 4) is 0 Å². The molecule has 0 aromatic carbocycles. The SMILES string of the molecule is NC(C[C@@]12C=CC[C@H]1[C@@H]1CCC3CCCC[C@@H]3[C@H]1CC2)[C@@]12C=CC[C@H]1[C@@H]1CCC3CCCC[C@@H]3[C@H]1CC2. The van der Waals surface area contributed by atoms with Crippen LogP contribution < -0.4 is 5.73 Å². The van der Waals surface area contributed by atoms with Crippen LogP contribution in [0.2, 0.25) is 0 Å². The molecule has 6 fully saturated rings. The zero-order chi connectivity index (χ0) is 24.6. The maximum atomic E-state index is 7.55. The Balaban J connectivity index is 1.02. The Bertz CT molecular complexity index is 918. The molecule has 0 aromatic heterocycles. The minimum absolute atomic E-state index is 0.316. The molecule has 8 rings (SSSR count). The largest absolute Gasteiger partial charge is 0.327 e. The van der Waals surface area contributed by atoms with Crippen molar-refractivity contribution in [1.82, 2.24) is 0 Å². The van der Waals surface area contributed by atoms with Gasteiger partial charge in [-0.1, -0.05) is 62.8 Å². The first-order chi connectivity index (χ1) is 18.2. The summed E-state index contributed by atoms with van der Waals surface area (Å²) in [4.78, 5) is 0. The van der Waals surface area contributed by atoms with E-state index in [0.717, 1.165) is 59.2 Å². The van der Waals surface area contributed by atoms with Crippen molar-refractivity contribution in [1.29, 1.82) is 0 Å². The van der Waals surface area contributed by atoms with Crippen LogP contribution >= 0.6 is 0 Å². The van der Waals surface area contributed by atoms with Gasteiger partial charge in [0, 0.05) is 11.5 Å². The van der Waals surface area contributed by atoms with E-state index in [1.807, 2.05) is 0 Å². The van der Waals surface area contributed by atoms with Gasteiger partial charge >= 0.3 is 0 Å². The quantitative estimate of drug-likeness (QED) is 0.383. The van der Waals surface area contributed by atoms with Crippen molar-refractivity contribution in [2.75, 3.05) is 0 Å². The Morgan fingerprint density at radius 2 is 1.16 bits per heavy atom. The lowest BCUT2D eigenvalue weighted by Crippen LogP contribution is -2.56. The Morgan fingerprint density at radius 1 is 0.568 bits per heavy atom. The molecule has 204 valence electrons. The fourth-order valence-corrected chi connectivity index (χ4v) is 13.7. The zero-order valence-corrected chi connectivity index (χ0v) is 23.7. The van der Waals surface area contributed by atoms with E-state index in [9.17, 15) is 0 Å². The highest BCUT2D eigenvalue weighted by Crippen LogP contribution is 2.66. The van der Waals surface area contributed by atoms with Crippen molar-refractivity contribution >= 4 is 0 Å². The van der Waals surface area contributed by atoms with Gasteiger partial charge in [0.15, 0.2) is 0 Å². The van der Waals surface area contributed by atoms with Crippen LogP contribution in [-0.2, 0) is 0 Å². The predicted molar refractivity (Wildman–Crippen MR) is 154 cm³/mol. The molecule has 0 aliphatic heterocycles. The van der Waals surface area contributed by atoms with Crippen LogP contribution in [0, 0.1) is 70.0 Å². The maximum absolute atomic E-state index is 7.55. The van der Waals surface area contributed by atoms with Gasteiger partial charge in [0.2, 0.25) is 0 Å². The van der Waals surface area contributed by atoms with Gasteiger partial charge in [0.05, 0.1) is 0 Å². The van der Waals surface area contributed by atoms with Crippen molar-refractivity contribution in [3.63, 3.8) is 0 Å². The Morgan fingerprint density at radius 3 is 1.89 bits per heavy atom. The first-order valence-corrected chi connectivity index (χ1v) is 17.3. The number of hydrogen-bond donors (Lipinski definition) is 1. The van der Waals surface area contributed by atoms with E-state index < -0.39 is 0 Å². The van der Waals surface area contributed by atoms with Gasteiger partial charge in [-0.3, -0.25) is 0 Å². The molecule has 0 bridgehead atoms. The van der Waals surface area contributed by atoms with Crippen LogP contribution in [0.25, 0.3) is 0 Å². The molecule has 1 nitrogen and oxygen atoms in total. The van der Waals surface area contributed by atoms with Crippen LogP contribution in [0.15, 0.2) is 24.3 Å². The summed E-state index contributed by atoms with van der Waals surface area (Å²) in [7, 11) is 0. The van der Waals surface area contributed by atoms with Crippen LogP contribution in [0.1, 0.15) is 122 Å². The summed E-state index contributed by atoms with van der Waals surface area (Å²) in [6, 6.07) is 0.370. The molecule has 3 unspecified atom stereocenters. The fourth-order valence-electron chi connectivity index (χ4n) is 13.7. The van der Waals surface area contributed by atoms with E-state index in [2.05, 4.69) is 24.3 Å². The second kappa shape index (κ2) is 9.24. The number of fused-ring (bicyclic) bond motifs is 10. The lowest BCUT2D eigenvalue weighted by atomic mass is 9.46. The molecular formula is C36H55N. The first kappa shape index (κ1) is 24.3. The molecule has 0 saturated heterocycles. The third kappa shape index (κ3) is 3.63. The number of nitrogens with two attached hydrogens (primary N) is 1. The molecule has 0 amide bonds. The Labute approximate surface area is 227 Å². The number of rotatable bonds is 3. The topological polar surface area (TPSA) is 26.0 Å². The fraction of sp³-hybridized carbons (Fsp3) is 0.889. The highest BCUT2D eigenvalue weighted by molar-refractivity contribution is 5.23. The highest BCUT2D eigenvalue weighted by Gasteiger charge is 2.59. The summed E-state index contributed by atoms with van der Waals surface area (Å²) in [5.41, 5.74) is 8.29. The van der Waals surface area contributed by atoms with E-state index in [-0.39, 0.29) is 0 Å². The summed E-state index contributed by atoms with van der Waals surface area (Å²) in [5, 5.41) is 0. The van der Waals surface area contributed by atoms with E-state index in [1.54, 1.807) is 32.1 Å². The molecule has 13 atom stereocenters. The van der Waals surface area contributed by atoms with Crippen LogP contribution in [-0.4, -0.2) is 6.04 Å². The van der Waals surface area contributed by atoms with Gasteiger partial charge in [0.25, 0.3) is 0 Å². The van der Waals surface area contributed by atoms with Gasteiger partial charge in [-0.25, -0.2) is 0 Å². The lowest BCUT2D eigenvalue weighted by molar-refractivity contribution is -0.0736. The van der Waals surface area contributed by atoms with Gasteiger partial charge in [-0.15, -0.1) is 0 Å². The van der Waals surface area contributed by atoms with Crippen molar-refractivity contribution < 1.29 is 0 Å². The molecule has 2 N–H and O–H groups in total. The molecule has 6 saturated carbocycles. The molecule has 37 heavy (non-hydrogen) atoms. The molecule has 8 aliphatic carbocycles. The molecule has 0 radical (unpaired) electrons. The third-order valence-electron chi connectivity index (χ3n) is 15.1. The highest BCUT2D eigenvalue weighted by atomic mass is 14.8. The van der Waals surface area contributed by atoms with Gasteiger partial charge in [-0.2, -0.15) is 0 Å². The number of hydrogen-bond acceptors (Lipinski definition) is 1. The molecule has 1 heteroatoms. The van der Waals surface area contributed by atoms with Gasteiger partial charge < -0.3 is 5.73 Å². The van der Waals surface area contributed by atoms with E-state index in [1.165, 1.54) is 89.9 Å². The van der Waals surface area contributed by atoms with Gasteiger partial charge in [0.1, 0.15) is 0 Å². The standard InChI is InChI=1S/C36H55N/c37-34(36-20-6-12-33(36)31-16-14-25-8-2-4-10-27(25)29(31)18-22-36)23-35-19-5-11-32(35)30-15-13-24-7-1-3-9-26(24)28(30)17-21-35/h5-6,19-20,24-34H,1-4,7-18,21-23,37H2/t24?,25?,26-,27-,28+,29+,30+,31+,32-,33-,34?,35-,36+/m0/s1. The van der Waals surface area contributed by atoms with E-state index in [4.69, 9.17) is 5.73 Å². The molecule has 0 heterocycles. The van der Waals surface area contributed by atoms with Crippen LogP contribution in [0.3, 0.4) is 0 Å². The maximum Gasteiger partial charge on any atom is 0.0142 e. The van der Waals surface area contributed by atoms with Gasteiger partial charge in [-0.05, 0) is 148 Å². The lowest BCUT2D eigenvalue weighted by Gasteiger charge is -2.59. The molecule has 0 spiro atoms. The average molecular weight is 502 g/mol. The minimum Gasteiger partial charge on any atom is -0.327 e. The monoisotopic (exact) mass is 501 g/mol. The zero-order valence-electron chi connectivity index (χ0n) is 23.7. The average Bonchev–Trinajstić information content (AvgIpc) is 3.58. The smallest absolute Gasteiger partial charge is 0.0142 e. The molecular weight excluding hydrogens is 446 g/mol. The summed E-state index contributed by atoms with van der Waals surface area (Å²) in [6.07, 6.45) is 38.9. The molecule has 8 aliphatic rings. The van der Waals surface area contributed by atoms with Crippen LogP contribution in [0.4, 0.5) is 0 Å². The Hall–Kier alpha value is -0.560. The second-order valence-corrected chi connectivity index (χ2v) is 15.9. The van der Waals surface area contributed by atoms with E-state index >= 15 is 0 Å². The minimum atomic E-state index is 0.316. The molecule has 0 aromatic rings. The summed E-state index contributed by atoms with van der Waals surface area (Å²) in [6.45, 7) is 0. The van der Waals surface area contributed by atoms with Crippen LogP contribution in [0.5, 0.6) is 0 Å². The summed E-state index contributed by atoms with van der Waals surface area (Å²) in [5.74, 6) is 10.1. The normalized spacial score (nSPS) is 54.8. The van der Waals surface area contributed by atoms with Crippen molar-refractivity contribution in [2.24, 2.45) is 75.7 Å². The first-order valence-electron chi connectivity index (χ1n) is 17.3. The summed E-state index contributed by atoms with van der Waals surface area (Å²) >= 11 is 0. The third-order valence-corrected chi connectivity index (χ3v) is 15.1. The Kier molecular flexibility index (Phi) is 6.06. The number of allylic oxidation sites excluding steroid dienone is 3. The second-order valence-electron chi connectivity index (χ2n) is 15.9. The summed E-state index contributed by atoms with van der Waals surface area (Å²) < 4.78 is 0. The van der Waals surface area contributed by atoms with Crippen molar-refractivity contribution in [3.05, 3.63) is 24.3 Å². The van der Waals surface area contributed by atoms with E-state index in [0.29, 0.717) is 16.9 Å².